The van der Waals surface area contributed by atoms with Crippen LogP contribution in [-0.2, 0) is 12.8 Å². The summed E-state index contributed by atoms with van der Waals surface area (Å²) in [5, 5.41) is 5.04. The monoisotopic (exact) mass is 918 g/mol. The largest absolute Gasteiger partial charge is 0.310 e. The van der Waals surface area contributed by atoms with Crippen molar-refractivity contribution in [2.75, 3.05) is 9.80 Å². The maximum atomic E-state index is 2.58. The van der Waals surface area contributed by atoms with E-state index in [9.17, 15) is 0 Å². The summed E-state index contributed by atoms with van der Waals surface area (Å²) in [5.41, 5.74) is 24.4. The summed E-state index contributed by atoms with van der Waals surface area (Å²) >= 11 is 0. The molecule has 338 valence electrons. The lowest BCUT2D eigenvalue weighted by atomic mass is 9.94. The maximum Gasteiger partial charge on any atom is 0.0597 e. The molecular weight excluding hydrogens is 873 g/mol. The number of nitrogens with zero attached hydrogens (tertiary/aromatic N) is 4. The van der Waals surface area contributed by atoms with Gasteiger partial charge in [0, 0.05) is 79.4 Å². The highest BCUT2D eigenvalue weighted by molar-refractivity contribution is 6.21. The van der Waals surface area contributed by atoms with Crippen molar-refractivity contribution in [3.8, 4) is 33.6 Å². The van der Waals surface area contributed by atoms with Gasteiger partial charge in [-0.15, -0.1) is 0 Å². The Bertz CT molecular complexity index is 3990. The molecule has 72 heavy (non-hydrogen) atoms. The van der Waals surface area contributed by atoms with E-state index in [1.807, 2.05) is 0 Å². The molecule has 0 aliphatic carbocycles. The molecule has 11 aromatic carbocycles. The average molecular weight is 919 g/mol. The molecule has 0 radical (unpaired) electrons. The number of hydrogen-bond acceptors (Lipinski definition) is 2. The third-order valence-corrected chi connectivity index (χ3v) is 15.3. The minimum Gasteiger partial charge on any atom is -0.310 e. The molecule has 0 unspecified atom stereocenters. The molecule has 0 amide bonds. The standard InChI is InChI=1S/C68H46N4/c1-5-21-45(22-6-1)51-31-15-19-35-61(51)69(49-27-9-3-10-28-49)63-39-37-53-55-43-66-56(44-65(55)71-59-33-17-13-25-47(59)41-57(63)67(53)71)54-38-40-64(58-42-48-26-14-18-34-60(48)72(66)68(54)58)70(50-29-11-4-12-30-50)62-36-20-16-32-52(62)46-23-7-2-8-24-46/h1-40,43-44H,41-42H2. The third-order valence-electron chi connectivity index (χ3n) is 15.3. The predicted octanol–water partition coefficient (Wildman–Crippen LogP) is 18.0. The molecule has 0 bridgehead atoms. The zero-order valence-electron chi connectivity index (χ0n) is 39.5. The Balaban J connectivity index is 1.01. The van der Waals surface area contributed by atoms with Crippen molar-refractivity contribution in [2.45, 2.75) is 12.8 Å². The molecule has 0 atom stereocenters. The summed E-state index contributed by atoms with van der Waals surface area (Å²) in [6, 6.07) is 93.7. The highest BCUT2D eigenvalue weighted by Crippen LogP contribution is 2.52. The second-order valence-corrected chi connectivity index (χ2v) is 19.2. The summed E-state index contributed by atoms with van der Waals surface area (Å²) in [5.74, 6) is 0. The van der Waals surface area contributed by atoms with Gasteiger partial charge in [0.05, 0.1) is 44.8 Å². The zero-order valence-corrected chi connectivity index (χ0v) is 39.5. The van der Waals surface area contributed by atoms with E-state index in [1.54, 1.807) is 0 Å². The van der Waals surface area contributed by atoms with Gasteiger partial charge in [0.2, 0.25) is 0 Å². The number of anilines is 6. The maximum absolute atomic E-state index is 2.58. The van der Waals surface area contributed by atoms with Crippen LogP contribution in [-0.4, -0.2) is 9.13 Å². The lowest BCUT2D eigenvalue weighted by Crippen LogP contribution is -2.16. The van der Waals surface area contributed by atoms with Crippen LogP contribution in [0.25, 0.3) is 77.2 Å². The van der Waals surface area contributed by atoms with E-state index in [-0.39, 0.29) is 0 Å². The highest BCUT2D eigenvalue weighted by Gasteiger charge is 2.32. The molecule has 0 spiro atoms. The van der Waals surface area contributed by atoms with Crippen molar-refractivity contribution in [1.29, 1.82) is 0 Å². The van der Waals surface area contributed by atoms with Crippen molar-refractivity contribution in [2.24, 2.45) is 0 Å². The molecule has 0 saturated carbocycles. The quantitative estimate of drug-likeness (QED) is 0.151. The molecule has 15 rings (SSSR count). The van der Waals surface area contributed by atoms with Crippen molar-refractivity contribution < 1.29 is 0 Å². The number of rotatable bonds is 8. The Labute approximate surface area is 418 Å². The Morgan fingerprint density at radius 3 is 1.08 bits per heavy atom. The lowest BCUT2D eigenvalue weighted by molar-refractivity contribution is 1.04. The van der Waals surface area contributed by atoms with Gasteiger partial charge < -0.3 is 18.9 Å². The number of para-hydroxylation sites is 6. The Morgan fingerprint density at radius 1 is 0.292 bits per heavy atom. The number of aromatic nitrogens is 2. The lowest BCUT2D eigenvalue weighted by Gasteiger charge is -2.32. The summed E-state index contributed by atoms with van der Waals surface area (Å²) in [6.07, 6.45) is 1.63. The minimum atomic E-state index is 0.815. The summed E-state index contributed by atoms with van der Waals surface area (Å²) < 4.78 is 5.16. The van der Waals surface area contributed by atoms with Crippen molar-refractivity contribution >= 4 is 77.7 Å². The number of benzene rings is 11. The van der Waals surface area contributed by atoms with E-state index >= 15 is 0 Å². The summed E-state index contributed by atoms with van der Waals surface area (Å²) in [6.45, 7) is 0. The van der Waals surface area contributed by atoms with Gasteiger partial charge in [-0.05, 0) is 95.1 Å². The molecule has 2 aliphatic rings. The molecule has 0 N–H and O–H groups in total. The minimum absolute atomic E-state index is 0.815. The van der Waals surface area contributed by atoms with E-state index in [2.05, 4.69) is 274 Å². The molecular formula is C68H46N4. The van der Waals surface area contributed by atoms with Gasteiger partial charge in [-0.2, -0.15) is 0 Å². The van der Waals surface area contributed by atoms with E-state index in [1.165, 1.54) is 111 Å². The van der Waals surface area contributed by atoms with Crippen molar-refractivity contribution in [3.63, 3.8) is 0 Å². The molecule has 4 heteroatoms. The van der Waals surface area contributed by atoms with Crippen LogP contribution in [0.3, 0.4) is 0 Å². The second-order valence-electron chi connectivity index (χ2n) is 19.2. The van der Waals surface area contributed by atoms with Crippen LogP contribution >= 0.6 is 0 Å². The van der Waals surface area contributed by atoms with Crippen LogP contribution in [0.2, 0.25) is 0 Å². The van der Waals surface area contributed by atoms with Crippen LogP contribution in [0.1, 0.15) is 22.3 Å². The summed E-state index contributed by atoms with van der Waals surface area (Å²) in [7, 11) is 0. The van der Waals surface area contributed by atoms with Crippen LogP contribution in [0.15, 0.2) is 255 Å². The van der Waals surface area contributed by atoms with Gasteiger partial charge in [-0.3, -0.25) is 0 Å². The molecule has 13 aromatic rings. The number of fused-ring (bicyclic) bond motifs is 10. The van der Waals surface area contributed by atoms with Crippen LogP contribution in [0, 0.1) is 0 Å². The third kappa shape index (κ3) is 6.06. The zero-order chi connectivity index (χ0) is 47.3. The fourth-order valence-electron chi connectivity index (χ4n) is 12.3. The first-order valence-electron chi connectivity index (χ1n) is 25.0. The van der Waals surface area contributed by atoms with Crippen molar-refractivity contribution in [3.05, 3.63) is 277 Å². The smallest absolute Gasteiger partial charge is 0.0597 e. The molecule has 4 nitrogen and oxygen atoms in total. The molecule has 4 heterocycles. The Kier molecular flexibility index (Phi) is 9.05. The van der Waals surface area contributed by atoms with Gasteiger partial charge in [-0.25, -0.2) is 0 Å². The SMILES string of the molecule is c1ccc(-c2ccccc2N(c2ccccc2)c2ccc3c4cc5c(cc4n4c3c2Cc2ccccc2-4)c2ccc(N(c3ccccc3)c3ccccc3-c3ccccc3)c3c2n5-c2ccccc2C3)cc1. The van der Waals surface area contributed by atoms with Gasteiger partial charge in [-0.1, -0.05) is 182 Å². The van der Waals surface area contributed by atoms with Crippen molar-refractivity contribution in [1.82, 2.24) is 9.13 Å². The summed E-state index contributed by atoms with van der Waals surface area (Å²) in [4.78, 5) is 4.98. The van der Waals surface area contributed by atoms with Crippen LogP contribution in [0.5, 0.6) is 0 Å². The second kappa shape index (κ2) is 16.1. The van der Waals surface area contributed by atoms with Gasteiger partial charge >= 0.3 is 0 Å². The molecule has 2 aromatic heterocycles. The van der Waals surface area contributed by atoms with E-state index in [0.717, 1.165) is 35.6 Å². The van der Waals surface area contributed by atoms with Gasteiger partial charge in [0.1, 0.15) is 0 Å². The van der Waals surface area contributed by atoms with Gasteiger partial charge in [0.15, 0.2) is 0 Å². The van der Waals surface area contributed by atoms with Gasteiger partial charge in [0.25, 0.3) is 0 Å². The molecule has 0 fully saturated rings. The fourth-order valence-corrected chi connectivity index (χ4v) is 12.3. The fraction of sp³-hybridized carbons (Fsp3) is 0.0294. The van der Waals surface area contributed by atoms with E-state index < -0.39 is 0 Å². The topological polar surface area (TPSA) is 16.3 Å². The first-order valence-corrected chi connectivity index (χ1v) is 25.0. The Hall–Kier alpha value is -9.38. The Morgan fingerprint density at radius 2 is 0.653 bits per heavy atom. The normalized spacial score (nSPS) is 12.3. The number of hydrogen-bond donors (Lipinski definition) is 0. The van der Waals surface area contributed by atoms with E-state index in [0.29, 0.717) is 0 Å². The van der Waals surface area contributed by atoms with Crippen LogP contribution in [0.4, 0.5) is 34.1 Å². The molecule has 2 aliphatic heterocycles. The van der Waals surface area contributed by atoms with Crippen LogP contribution < -0.4 is 9.80 Å². The van der Waals surface area contributed by atoms with E-state index in [4.69, 9.17) is 0 Å². The first-order chi connectivity index (χ1) is 35.8. The predicted molar refractivity (Wildman–Crippen MR) is 301 cm³/mol. The first kappa shape index (κ1) is 40.5. The molecule has 0 saturated heterocycles. The average Bonchev–Trinajstić information content (AvgIpc) is 3.96. The highest BCUT2D eigenvalue weighted by atomic mass is 15.2.